The lowest BCUT2D eigenvalue weighted by atomic mass is 10.2. The van der Waals surface area contributed by atoms with Crippen molar-refractivity contribution < 1.29 is 14.3 Å². The monoisotopic (exact) mass is 479 g/mol. The number of aryl methyl sites for hydroxylation is 1. The fourth-order valence-electron chi connectivity index (χ4n) is 2.65. The molecule has 2 amide bonds. The third-order valence-electron chi connectivity index (χ3n) is 4.25. The highest BCUT2D eigenvalue weighted by Gasteiger charge is 2.09. The van der Waals surface area contributed by atoms with Crippen molar-refractivity contribution in [1.82, 2.24) is 5.43 Å². The van der Waals surface area contributed by atoms with Crippen LogP contribution in [0.2, 0.25) is 0 Å². The number of nitrogens with one attached hydrogen (secondary N) is 2. The Hall–Kier alpha value is -3.45. The lowest BCUT2D eigenvalue weighted by Crippen LogP contribution is -2.24. The first kappa shape index (κ1) is 22.2. The molecule has 0 heterocycles. The maximum Gasteiger partial charge on any atom is 0.249 e. The van der Waals surface area contributed by atoms with Crippen molar-refractivity contribution >= 4 is 39.6 Å². The van der Waals surface area contributed by atoms with Gasteiger partial charge in [0.1, 0.15) is 18.8 Å². The fourth-order valence-corrected chi connectivity index (χ4v) is 3.16. The molecule has 2 N–H and O–H groups in total. The Balaban J connectivity index is 1.46. The highest BCUT2D eigenvalue weighted by atomic mass is 79.9. The fraction of sp³-hybridized carbons (Fsp3) is 0.125. The number of hydrogen-bond acceptors (Lipinski definition) is 4. The van der Waals surface area contributed by atoms with Gasteiger partial charge in [0, 0.05) is 5.69 Å². The number of carbonyl (C=O) groups is 2. The summed E-state index contributed by atoms with van der Waals surface area (Å²) in [5, 5.41) is 6.56. The summed E-state index contributed by atoms with van der Waals surface area (Å²) in [5.74, 6) is -0.196. The van der Waals surface area contributed by atoms with E-state index >= 15 is 0 Å². The molecule has 6 nitrogen and oxygen atoms in total. The molecule has 3 aromatic rings. The Morgan fingerprint density at radius 3 is 2.45 bits per heavy atom. The molecule has 3 aromatic carbocycles. The van der Waals surface area contributed by atoms with E-state index < -0.39 is 11.8 Å². The minimum atomic E-state index is -0.498. The zero-order valence-corrected chi connectivity index (χ0v) is 18.6. The van der Waals surface area contributed by atoms with Crippen molar-refractivity contribution in [3.8, 4) is 5.75 Å². The summed E-state index contributed by atoms with van der Waals surface area (Å²) in [7, 11) is 0. The summed E-state index contributed by atoms with van der Waals surface area (Å²) < 4.78 is 6.62. The summed E-state index contributed by atoms with van der Waals surface area (Å²) in [6.07, 6.45) is 1.18. The predicted molar refractivity (Wildman–Crippen MR) is 125 cm³/mol. The van der Waals surface area contributed by atoms with Crippen molar-refractivity contribution in [1.29, 1.82) is 0 Å². The highest BCUT2D eigenvalue weighted by molar-refractivity contribution is 9.10. The maximum atomic E-state index is 11.9. The summed E-state index contributed by atoms with van der Waals surface area (Å²) in [4.78, 5) is 23.8. The van der Waals surface area contributed by atoms with E-state index in [9.17, 15) is 9.59 Å². The van der Waals surface area contributed by atoms with E-state index in [2.05, 4.69) is 31.8 Å². The van der Waals surface area contributed by atoms with Gasteiger partial charge in [0.15, 0.2) is 0 Å². The van der Waals surface area contributed by atoms with Crippen LogP contribution in [-0.4, -0.2) is 18.0 Å². The van der Waals surface area contributed by atoms with E-state index in [0.29, 0.717) is 18.0 Å². The molecule has 0 unspecified atom stereocenters. The normalized spacial score (nSPS) is 10.6. The molecule has 3 rings (SSSR count). The third kappa shape index (κ3) is 7.38. The van der Waals surface area contributed by atoms with Crippen LogP contribution in [-0.2, 0) is 16.2 Å². The van der Waals surface area contributed by atoms with Gasteiger partial charge in [-0.3, -0.25) is 9.59 Å². The van der Waals surface area contributed by atoms with Crippen LogP contribution in [0.5, 0.6) is 5.75 Å². The number of hydrogen-bond donors (Lipinski definition) is 2. The van der Waals surface area contributed by atoms with E-state index in [4.69, 9.17) is 4.74 Å². The number of amides is 2. The molecule has 0 saturated heterocycles. The van der Waals surface area contributed by atoms with Gasteiger partial charge in [-0.1, -0.05) is 48.0 Å². The van der Waals surface area contributed by atoms with Gasteiger partial charge in [0.25, 0.3) is 0 Å². The van der Waals surface area contributed by atoms with E-state index in [-0.39, 0.29) is 6.42 Å². The van der Waals surface area contributed by atoms with Gasteiger partial charge in [-0.05, 0) is 64.3 Å². The lowest BCUT2D eigenvalue weighted by Gasteiger charge is -2.09. The van der Waals surface area contributed by atoms with E-state index in [1.807, 2.05) is 55.5 Å². The molecule has 0 aliphatic heterocycles. The maximum absolute atomic E-state index is 11.9. The molecule has 0 aromatic heterocycles. The summed E-state index contributed by atoms with van der Waals surface area (Å²) in [5.41, 5.74) is 6.05. The van der Waals surface area contributed by atoms with Gasteiger partial charge >= 0.3 is 0 Å². The Labute approximate surface area is 189 Å². The Kier molecular flexibility index (Phi) is 7.95. The van der Waals surface area contributed by atoms with Crippen LogP contribution >= 0.6 is 15.9 Å². The van der Waals surface area contributed by atoms with Crippen molar-refractivity contribution in [2.24, 2.45) is 5.10 Å². The van der Waals surface area contributed by atoms with E-state index in [1.165, 1.54) is 11.8 Å². The molecule has 0 bridgehead atoms. The second-order valence-electron chi connectivity index (χ2n) is 6.85. The molecule has 0 atom stereocenters. The smallest absolute Gasteiger partial charge is 0.249 e. The standard InChI is InChI=1S/C24H22BrN3O3/c1-17-7-9-18(10-8-17)16-31-22-12-11-19(13-21(22)25)15-26-28-24(30)14-23(29)27-20-5-3-2-4-6-20/h2-13,15H,14,16H2,1H3,(H,27,29)(H,28,30). The number of ether oxygens (including phenoxy) is 1. The molecule has 0 radical (unpaired) electrons. The van der Waals surface area contributed by atoms with E-state index in [1.54, 1.807) is 24.3 Å². The number of nitrogens with zero attached hydrogens (tertiary/aromatic N) is 1. The molecular formula is C24H22BrN3O3. The zero-order chi connectivity index (χ0) is 22.1. The number of anilines is 1. The number of rotatable bonds is 8. The quantitative estimate of drug-likeness (QED) is 0.276. The molecule has 0 aliphatic rings. The summed E-state index contributed by atoms with van der Waals surface area (Å²) >= 11 is 3.49. The van der Waals surface area contributed by atoms with Crippen LogP contribution < -0.4 is 15.5 Å². The summed E-state index contributed by atoms with van der Waals surface area (Å²) in [6.45, 7) is 2.51. The molecule has 0 aliphatic carbocycles. The topological polar surface area (TPSA) is 79.8 Å². The van der Waals surface area contributed by atoms with Crippen molar-refractivity contribution in [2.75, 3.05) is 5.32 Å². The minimum absolute atomic E-state index is 0.318. The second-order valence-corrected chi connectivity index (χ2v) is 7.70. The number of para-hydroxylation sites is 1. The molecule has 7 heteroatoms. The first-order valence-electron chi connectivity index (χ1n) is 9.64. The van der Waals surface area contributed by atoms with Gasteiger partial charge in [-0.25, -0.2) is 5.43 Å². The Morgan fingerprint density at radius 2 is 1.74 bits per heavy atom. The molecule has 31 heavy (non-hydrogen) atoms. The van der Waals surface area contributed by atoms with Gasteiger partial charge in [0.05, 0.1) is 10.7 Å². The number of hydrazone groups is 1. The Morgan fingerprint density at radius 1 is 1.00 bits per heavy atom. The van der Waals surface area contributed by atoms with Crippen molar-refractivity contribution in [3.63, 3.8) is 0 Å². The van der Waals surface area contributed by atoms with Gasteiger partial charge in [-0.2, -0.15) is 5.10 Å². The number of carbonyl (C=O) groups excluding carboxylic acids is 2. The van der Waals surface area contributed by atoms with Crippen LogP contribution in [0.25, 0.3) is 0 Å². The average molecular weight is 480 g/mol. The van der Waals surface area contributed by atoms with Crippen LogP contribution in [0.15, 0.2) is 82.4 Å². The van der Waals surface area contributed by atoms with Crippen molar-refractivity contribution in [3.05, 3.63) is 94.0 Å². The first-order chi connectivity index (χ1) is 15.0. The average Bonchev–Trinajstić information content (AvgIpc) is 2.75. The van der Waals surface area contributed by atoms with Crippen molar-refractivity contribution in [2.45, 2.75) is 20.0 Å². The molecule has 158 valence electrons. The lowest BCUT2D eigenvalue weighted by molar-refractivity contribution is -0.126. The largest absolute Gasteiger partial charge is 0.488 e. The van der Waals surface area contributed by atoms with Gasteiger partial charge in [0.2, 0.25) is 11.8 Å². The third-order valence-corrected chi connectivity index (χ3v) is 4.87. The van der Waals surface area contributed by atoms with Crippen LogP contribution in [0.4, 0.5) is 5.69 Å². The first-order valence-corrected chi connectivity index (χ1v) is 10.4. The van der Waals surface area contributed by atoms with Crippen LogP contribution in [0, 0.1) is 6.92 Å². The number of benzene rings is 3. The number of halogens is 1. The van der Waals surface area contributed by atoms with E-state index in [0.717, 1.165) is 15.6 Å². The van der Waals surface area contributed by atoms with Gasteiger partial charge < -0.3 is 10.1 Å². The molecule has 0 spiro atoms. The van der Waals surface area contributed by atoms with Gasteiger partial charge in [-0.15, -0.1) is 0 Å². The Bertz CT molecular complexity index is 1070. The zero-order valence-electron chi connectivity index (χ0n) is 17.0. The highest BCUT2D eigenvalue weighted by Crippen LogP contribution is 2.26. The SMILES string of the molecule is Cc1ccc(COc2ccc(C=NNC(=O)CC(=O)Nc3ccccc3)cc2Br)cc1. The molecular weight excluding hydrogens is 458 g/mol. The van der Waals surface area contributed by atoms with Crippen LogP contribution in [0.3, 0.4) is 0 Å². The van der Waals surface area contributed by atoms with Crippen LogP contribution in [0.1, 0.15) is 23.1 Å². The summed E-state index contributed by atoms with van der Waals surface area (Å²) in [6, 6.07) is 22.6. The predicted octanol–water partition coefficient (Wildman–Crippen LogP) is 4.82. The molecule has 0 fully saturated rings. The molecule has 0 saturated carbocycles. The second kappa shape index (κ2) is 11.1. The minimum Gasteiger partial charge on any atom is -0.488 e.